The maximum Gasteiger partial charge on any atom is 0.243 e. The Morgan fingerprint density at radius 3 is 2.38 bits per heavy atom. The van der Waals surface area contributed by atoms with Gasteiger partial charge in [-0.3, -0.25) is 4.79 Å². The predicted molar refractivity (Wildman–Crippen MR) is 79.4 cm³/mol. The Morgan fingerprint density at radius 1 is 1.14 bits per heavy atom. The lowest BCUT2D eigenvalue weighted by atomic mass is 10.3. The number of hydrogen-bond donors (Lipinski definition) is 1. The van der Waals surface area contributed by atoms with Gasteiger partial charge in [-0.15, -0.1) is 0 Å². The molecule has 0 bridgehead atoms. The van der Waals surface area contributed by atoms with Crippen molar-refractivity contribution in [2.75, 3.05) is 24.5 Å². The summed E-state index contributed by atoms with van der Waals surface area (Å²) in [5.41, 5.74) is 6.53. The Bertz CT molecular complexity index is 642. The molecule has 0 spiro atoms. The Labute approximate surface area is 124 Å². The largest absolute Gasteiger partial charge is 0.326 e. The van der Waals surface area contributed by atoms with Gasteiger partial charge in [-0.25, -0.2) is 8.42 Å². The van der Waals surface area contributed by atoms with E-state index < -0.39 is 10.0 Å². The second kappa shape index (κ2) is 5.40. The normalized spacial score (nSPS) is 24.0. The molecule has 0 radical (unpaired) electrons. The number of anilines is 1. The maximum atomic E-state index is 12.5. The van der Waals surface area contributed by atoms with Crippen LogP contribution < -0.4 is 10.6 Å². The average Bonchev–Trinajstić information content (AvgIpc) is 3.08. The van der Waals surface area contributed by atoms with Crippen LogP contribution in [0.4, 0.5) is 5.69 Å². The molecule has 21 heavy (non-hydrogen) atoms. The fraction of sp³-hybridized carbons (Fsp3) is 0.500. The van der Waals surface area contributed by atoms with E-state index in [0.29, 0.717) is 32.5 Å². The molecule has 2 aliphatic rings. The molecule has 0 unspecified atom stereocenters. The quantitative estimate of drug-likeness (QED) is 0.883. The standard InChI is InChI=1S/C14H19N3O3S/c15-11-7-9-16(10-11)21(19,20)13-5-3-12(4-6-13)17-8-1-2-14(17)18/h3-6,11H,1-2,7-10,15H2/t11-/m1/s1. The van der Waals surface area contributed by atoms with E-state index in [9.17, 15) is 13.2 Å². The zero-order chi connectivity index (χ0) is 15.0. The summed E-state index contributed by atoms with van der Waals surface area (Å²) in [6.45, 7) is 1.54. The number of carbonyl (C=O) groups is 1. The molecule has 2 fully saturated rings. The maximum absolute atomic E-state index is 12.5. The smallest absolute Gasteiger partial charge is 0.243 e. The highest BCUT2D eigenvalue weighted by molar-refractivity contribution is 7.89. The van der Waals surface area contributed by atoms with Gasteiger partial charge in [-0.1, -0.05) is 0 Å². The van der Waals surface area contributed by atoms with Gasteiger partial charge >= 0.3 is 0 Å². The van der Waals surface area contributed by atoms with Crippen molar-refractivity contribution in [3.63, 3.8) is 0 Å². The van der Waals surface area contributed by atoms with Gasteiger partial charge in [0.05, 0.1) is 4.90 Å². The van der Waals surface area contributed by atoms with E-state index >= 15 is 0 Å². The molecular weight excluding hydrogens is 290 g/mol. The van der Waals surface area contributed by atoms with Gasteiger partial charge in [0.2, 0.25) is 15.9 Å². The van der Waals surface area contributed by atoms with Gasteiger partial charge in [-0.2, -0.15) is 4.31 Å². The molecule has 2 N–H and O–H groups in total. The van der Waals surface area contributed by atoms with Crippen molar-refractivity contribution in [2.45, 2.75) is 30.2 Å². The average molecular weight is 309 g/mol. The van der Waals surface area contributed by atoms with Crippen LogP contribution in [0.1, 0.15) is 19.3 Å². The molecule has 1 aromatic rings. The van der Waals surface area contributed by atoms with Crippen LogP contribution in [0.3, 0.4) is 0 Å². The van der Waals surface area contributed by atoms with Crippen LogP contribution in [0.2, 0.25) is 0 Å². The first-order valence-corrected chi connectivity index (χ1v) is 8.58. The van der Waals surface area contributed by atoms with Crippen molar-refractivity contribution < 1.29 is 13.2 Å². The zero-order valence-electron chi connectivity index (χ0n) is 11.7. The monoisotopic (exact) mass is 309 g/mol. The summed E-state index contributed by atoms with van der Waals surface area (Å²) in [4.78, 5) is 13.6. The minimum absolute atomic E-state index is 0.0822. The van der Waals surface area contributed by atoms with E-state index in [1.165, 1.54) is 4.31 Å². The van der Waals surface area contributed by atoms with Crippen LogP contribution in [0.15, 0.2) is 29.2 Å². The molecule has 0 aliphatic carbocycles. The summed E-state index contributed by atoms with van der Waals surface area (Å²) in [5.74, 6) is 0.0936. The van der Waals surface area contributed by atoms with Crippen LogP contribution in [0.5, 0.6) is 0 Å². The van der Waals surface area contributed by atoms with Gasteiger partial charge in [0.15, 0.2) is 0 Å². The minimum Gasteiger partial charge on any atom is -0.326 e. The molecule has 7 heteroatoms. The van der Waals surface area contributed by atoms with Gasteiger partial charge in [0.1, 0.15) is 0 Å². The van der Waals surface area contributed by atoms with Crippen molar-refractivity contribution in [1.29, 1.82) is 0 Å². The van der Waals surface area contributed by atoms with Crippen molar-refractivity contribution in [3.8, 4) is 0 Å². The number of amides is 1. The van der Waals surface area contributed by atoms with Crippen LogP contribution in [-0.4, -0.2) is 44.3 Å². The zero-order valence-corrected chi connectivity index (χ0v) is 12.6. The highest BCUT2D eigenvalue weighted by Crippen LogP contribution is 2.25. The highest BCUT2D eigenvalue weighted by Gasteiger charge is 2.31. The Kier molecular flexibility index (Phi) is 3.73. The van der Waals surface area contributed by atoms with Crippen molar-refractivity contribution in [1.82, 2.24) is 4.31 Å². The molecular formula is C14H19N3O3S. The third kappa shape index (κ3) is 2.68. The van der Waals surface area contributed by atoms with Gasteiger partial charge in [0.25, 0.3) is 0 Å². The molecule has 0 saturated carbocycles. The fourth-order valence-corrected chi connectivity index (χ4v) is 4.35. The molecule has 6 nitrogen and oxygen atoms in total. The van der Waals surface area contributed by atoms with Crippen LogP contribution in [0.25, 0.3) is 0 Å². The summed E-state index contributed by atoms with van der Waals surface area (Å²) >= 11 is 0. The van der Waals surface area contributed by atoms with Crippen molar-refractivity contribution in [2.24, 2.45) is 5.73 Å². The SMILES string of the molecule is N[C@@H]1CCN(S(=O)(=O)c2ccc(N3CCCC3=O)cc2)C1. The third-order valence-electron chi connectivity index (χ3n) is 4.05. The van der Waals surface area contributed by atoms with Crippen molar-refractivity contribution in [3.05, 3.63) is 24.3 Å². The first kappa shape index (κ1) is 14.5. The second-order valence-electron chi connectivity index (χ2n) is 5.55. The molecule has 1 amide bonds. The van der Waals surface area contributed by atoms with Crippen molar-refractivity contribution >= 4 is 21.6 Å². The van der Waals surface area contributed by atoms with Crippen LogP contribution in [0, 0.1) is 0 Å². The van der Waals surface area contributed by atoms with E-state index in [1.54, 1.807) is 29.2 Å². The first-order valence-electron chi connectivity index (χ1n) is 7.14. The van der Waals surface area contributed by atoms with Gasteiger partial charge in [-0.05, 0) is 37.1 Å². The first-order chi connectivity index (χ1) is 9.98. The molecule has 1 aromatic carbocycles. The van der Waals surface area contributed by atoms with Gasteiger partial charge < -0.3 is 10.6 Å². The van der Waals surface area contributed by atoms with E-state index in [1.807, 2.05) is 0 Å². The second-order valence-corrected chi connectivity index (χ2v) is 7.49. The van der Waals surface area contributed by atoms with Crippen LogP contribution in [-0.2, 0) is 14.8 Å². The molecule has 2 aliphatic heterocycles. The lowest BCUT2D eigenvalue weighted by Crippen LogP contribution is -2.32. The summed E-state index contributed by atoms with van der Waals surface area (Å²) in [5, 5.41) is 0. The van der Waals surface area contributed by atoms with Crippen LogP contribution >= 0.6 is 0 Å². The summed E-state index contributed by atoms with van der Waals surface area (Å²) < 4.78 is 26.4. The van der Waals surface area contributed by atoms with E-state index in [0.717, 1.165) is 12.1 Å². The fourth-order valence-electron chi connectivity index (χ4n) is 2.84. The number of nitrogens with two attached hydrogens (primary N) is 1. The molecule has 2 saturated heterocycles. The predicted octanol–water partition coefficient (Wildman–Crippen LogP) is 0.535. The molecule has 1 atom stereocenters. The number of sulfonamides is 1. The Morgan fingerprint density at radius 2 is 1.86 bits per heavy atom. The number of rotatable bonds is 3. The number of benzene rings is 1. The topological polar surface area (TPSA) is 83.7 Å². The van der Waals surface area contributed by atoms with E-state index in [-0.39, 0.29) is 16.8 Å². The molecule has 114 valence electrons. The lowest BCUT2D eigenvalue weighted by molar-refractivity contribution is -0.117. The molecule has 3 rings (SSSR count). The van der Waals surface area contributed by atoms with Gasteiger partial charge in [0, 0.05) is 37.8 Å². The Hall–Kier alpha value is -1.44. The Balaban J connectivity index is 1.82. The van der Waals surface area contributed by atoms with E-state index in [2.05, 4.69) is 0 Å². The highest BCUT2D eigenvalue weighted by atomic mass is 32.2. The summed E-state index contributed by atoms with van der Waals surface area (Å²) in [6.07, 6.45) is 2.11. The number of hydrogen-bond acceptors (Lipinski definition) is 4. The molecule has 0 aromatic heterocycles. The van der Waals surface area contributed by atoms with E-state index in [4.69, 9.17) is 5.73 Å². The number of nitrogens with zero attached hydrogens (tertiary/aromatic N) is 2. The summed E-state index contributed by atoms with van der Waals surface area (Å²) in [7, 11) is -3.48. The summed E-state index contributed by atoms with van der Waals surface area (Å²) in [6, 6.07) is 6.46. The number of carbonyl (C=O) groups excluding carboxylic acids is 1. The third-order valence-corrected chi connectivity index (χ3v) is 5.93. The minimum atomic E-state index is -3.48. The lowest BCUT2D eigenvalue weighted by Gasteiger charge is -2.18. The molecule has 2 heterocycles.